The number of nitrogens with two attached hydrogens (primary N) is 1. The van der Waals surface area contributed by atoms with Gasteiger partial charge in [0.2, 0.25) is 0 Å². The zero-order valence-corrected chi connectivity index (χ0v) is 10.7. The van der Waals surface area contributed by atoms with E-state index in [9.17, 15) is 4.79 Å². The van der Waals surface area contributed by atoms with Crippen molar-refractivity contribution in [3.05, 3.63) is 57.6 Å². The van der Waals surface area contributed by atoms with Crippen LogP contribution in [0.1, 0.15) is 23.0 Å². The first-order chi connectivity index (χ1) is 9.13. The van der Waals surface area contributed by atoms with Crippen molar-refractivity contribution in [1.82, 2.24) is 9.97 Å². The summed E-state index contributed by atoms with van der Waals surface area (Å²) in [6, 6.07) is 9.64. The van der Waals surface area contributed by atoms with Crippen LogP contribution < -0.4 is 16.6 Å². The second-order valence-corrected chi connectivity index (χ2v) is 4.90. The molecular formula is C14H16N4O. The molecule has 0 saturated heterocycles. The summed E-state index contributed by atoms with van der Waals surface area (Å²) in [5.41, 5.74) is 8.47. The summed E-state index contributed by atoms with van der Waals surface area (Å²) in [6.07, 6.45) is 0.843. The smallest absolute Gasteiger partial charge is 0.252 e. The molecule has 1 aromatic carbocycles. The molecule has 5 nitrogen and oxygen atoms in total. The Bertz CT molecular complexity index is 664. The molecule has 0 aliphatic heterocycles. The third kappa shape index (κ3) is 2.24. The Morgan fingerprint density at radius 1 is 1.42 bits per heavy atom. The maximum Gasteiger partial charge on any atom is 0.252 e. The van der Waals surface area contributed by atoms with Gasteiger partial charge in [-0.15, -0.1) is 0 Å². The number of rotatable bonds is 2. The largest absolute Gasteiger partial charge is 0.361 e. The first-order valence-electron chi connectivity index (χ1n) is 6.31. The second-order valence-electron chi connectivity index (χ2n) is 4.90. The summed E-state index contributed by atoms with van der Waals surface area (Å²) in [7, 11) is 0. The maximum atomic E-state index is 11.4. The molecule has 5 heteroatoms. The fourth-order valence-electron chi connectivity index (χ4n) is 2.62. The van der Waals surface area contributed by atoms with Crippen molar-refractivity contribution >= 4 is 5.82 Å². The number of nitrogens with one attached hydrogen (secondary N) is 2. The van der Waals surface area contributed by atoms with Gasteiger partial charge in [-0.05, 0) is 24.5 Å². The van der Waals surface area contributed by atoms with E-state index in [1.54, 1.807) is 6.92 Å². The van der Waals surface area contributed by atoms with Crippen molar-refractivity contribution in [3.63, 3.8) is 0 Å². The highest BCUT2D eigenvalue weighted by molar-refractivity contribution is 5.45. The van der Waals surface area contributed by atoms with Crippen LogP contribution in [0.25, 0.3) is 0 Å². The van der Waals surface area contributed by atoms with Crippen molar-refractivity contribution in [2.45, 2.75) is 25.4 Å². The molecule has 2 aromatic rings. The number of aromatic nitrogens is 2. The van der Waals surface area contributed by atoms with Crippen LogP contribution in [0.4, 0.5) is 5.82 Å². The third-order valence-corrected chi connectivity index (χ3v) is 3.44. The minimum atomic E-state index is -0.158. The number of hydrogen-bond donors (Lipinski definition) is 3. The van der Waals surface area contributed by atoms with Gasteiger partial charge >= 0.3 is 0 Å². The highest BCUT2D eigenvalue weighted by Gasteiger charge is 2.29. The Balaban J connectivity index is 1.93. The van der Waals surface area contributed by atoms with Crippen molar-refractivity contribution in [2.24, 2.45) is 5.73 Å². The highest BCUT2D eigenvalue weighted by atomic mass is 16.1. The van der Waals surface area contributed by atoms with Gasteiger partial charge in [0.05, 0.1) is 6.04 Å². The lowest BCUT2D eigenvalue weighted by Crippen LogP contribution is -2.30. The van der Waals surface area contributed by atoms with Crippen LogP contribution in [0, 0.1) is 6.92 Å². The number of hydrogen-bond acceptors (Lipinski definition) is 4. The number of nitrogens with zero attached hydrogens (tertiary/aromatic N) is 1. The van der Waals surface area contributed by atoms with Gasteiger partial charge in [-0.2, -0.15) is 0 Å². The van der Waals surface area contributed by atoms with E-state index in [-0.39, 0.29) is 17.6 Å². The Hall–Kier alpha value is -2.14. The molecule has 0 spiro atoms. The summed E-state index contributed by atoms with van der Waals surface area (Å²) < 4.78 is 0. The topological polar surface area (TPSA) is 83.8 Å². The molecular weight excluding hydrogens is 240 g/mol. The van der Waals surface area contributed by atoms with Gasteiger partial charge in [0, 0.05) is 12.1 Å². The van der Waals surface area contributed by atoms with Crippen molar-refractivity contribution in [1.29, 1.82) is 0 Å². The Morgan fingerprint density at radius 2 is 2.21 bits per heavy atom. The molecule has 1 aliphatic rings. The SMILES string of the molecule is Cc1nc(NC2c3ccccc3CC2N)cc(=O)[nH]1. The van der Waals surface area contributed by atoms with Crippen LogP contribution in [-0.2, 0) is 6.42 Å². The maximum absolute atomic E-state index is 11.4. The van der Waals surface area contributed by atoms with E-state index in [2.05, 4.69) is 27.4 Å². The van der Waals surface area contributed by atoms with Crippen molar-refractivity contribution < 1.29 is 0 Å². The van der Waals surface area contributed by atoms with Crippen LogP contribution in [0.3, 0.4) is 0 Å². The molecule has 98 valence electrons. The fourth-order valence-corrected chi connectivity index (χ4v) is 2.62. The van der Waals surface area contributed by atoms with E-state index in [0.29, 0.717) is 11.6 Å². The van der Waals surface area contributed by atoms with E-state index in [1.165, 1.54) is 17.2 Å². The molecule has 1 heterocycles. The first-order valence-corrected chi connectivity index (χ1v) is 6.31. The van der Waals surface area contributed by atoms with E-state index >= 15 is 0 Å². The van der Waals surface area contributed by atoms with Crippen LogP contribution in [-0.4, -0.2) is 16.0 Å². The first kappa shape index (κ1) is 11.9. The molecule has 1 aromatic heterocycles. The van der Waals surface area contributed by atoms with Gasteiger partial charge in [0.15, 0.2) is 0 Å². The molecule has 0 fully saturated rings. The predicted octanol–water partition coefficient (Wildman–Crippen LogP) is 1.11. The number of aryl methyl sites for hydroxylation is 1. The van der Waals surface area contributed by atoms with Crippen molar-refractivity contribution in [2.75, 3.05) is 5.32 Å². The minimum absolute atomic E-state index is 0.00112. The molecule has 2 unspecified atom stereocenters. The van der Waals surface area contributed by atoms with Crippen LogP contribution in [0.15, 0.2) is 35.1 Å². The number of aromatic amines is 1. The molecule has 1 aliphatic carbocycles. The molecule has 0 radical (unpaired) electrons. The molecule has 19 heavy (non-hydrogen) atoms. The van der Waals surface area contributed by atoms with E-state index in [1.807, 2.05) is 12.1 Å². The van der Waals surface area contributed by atoms with Gasteiger partial charge in [-0.25, -0.2) is 4.98 Å². The molecule has 3 rings (SSSR count). The molecule has 0 saturated carbocycles. The van der Waals surface area contributed by atoms with Crippen LogP contribution in [0.2, 0.25) is 0 Å². The number of fused-ring (bicyclic) bond motifs is 1. The zero-order chi connectivity index (χ0) is 13.4. The van der Waals surface area contributed by atoms with Crippen LogP contribution in [0.5, 0.6) is 0 Å². The van der Waals surface area contributed by atoms with E-state index in [0.717, 1.165) is 6.42 Å². The Kier molecular flexibility index (Phi) is 2.83. The average Bonchev–Trinajstić information content (AvgIpc) is 2.65. The molecule has 0 amide bonds. The minimum Gasteiger partial charge on any atom is -0.361 e. The lowest BCUT2D eigenvalue weighted by atomic mass is 10.1. The normalized spacial score (nSPS) is 21.2. The summed E-state index contributed by atoms with van der Waals surface area (Å²) in [5.74, 6) is 1.16. The van der Waals surface area contributed by atoms with Gasteiger partial charge in [0.1, 0.15) is 11.6 Å². The highest BCUT2D eigenvalue weighted by Crippen LogP contribution is 2.32. The Morgan fingerprint density at radius 3 is 3.00 bits per heavy atom. The van der Waals surface area contributed by atoms with Gasteiger partial charge in [0.25, 0.3) is 5.56 Å². The van der Waals surface area contributed by atoms with Crippen molar-refractivity contribution in [3.8, 4) is 0 Å². The zero-order valence-electron chi connectivity index (χ0n) is 10.7. The third-order valence-electron chi connectivity index (χ3n) is 3.44. The Labute approximate surface area is 110 Å². The van der Waals surface area contributed by atoms with E-state index < -0.39 is 0 Å². The quantitative estimate of drug-likeness (QED) is 0.751. The summed E-state index contributed by atoms with van der Waals surface area (Å²) in [6.45, 7) is 1.76. The lowest BCUT2D eigenvalue weighted by Gasteiger charge is -2.19. The summed E-state index contributed by atoms with van der Waals surface area (Å²) in [5, 5.41) is 3.27. The van der Waals surface area contributed by atoms with Gasteiger partial charge in [-0.3, -0.25) is 4.79 Å². The fraction of sp³-hybridized carbons (Fsp3) is 0.286. The standard InChI is InChI=1S/C14H16N4O/c1-8-16-12(7-13(19)17-8)18-14-10-5-3-2-4-9(10)6-11(14)15/h2-5,7,11,14H,6,15H2,1H3,(H2,16,17,18,19). The summed E-state index contributed by atoms with van der Waals surface area (Å²) >= 11 is 0. The number of benzene rings is 1. The second kappa shape index (κ2) is 4.51. The molecule has 4 N–H and O–H groups in total. The average molecular weight is 256 g/mol. The van der Waals surface area contributed by atoms with Gasteiger partial charge in [-0.1, -0.05) is 24.3 Å². The monoisotopic (exact) mass is 256 g/mol. The number of H-pyrrole nitrogens is 1. The lowest BCUT2D eigenvalue weighted by molar-refractivity contribution is 0.623. The summed E-state index contributed by atoms with van der Waals surface area (Å²) in [4.78, 5) is 18.4. The van der Waals surface area contributed by atoms with Crippen LogP contribution >= 0.6 is 0 Å². The van der Waals surface area contributed by atoms with Gasteiger partial charge < -0.3 is 16.0 Å². The predicted molar refractivity (Wildman–Crippen MR) is 74.1 cm³/mol. The van der Waals surface area contributed by atoms with E-state index in [4.69, 9.17) is 5.73 Å². The number of anilines is 1. The molecule has 0 bridgehead atoms. The molecule has 2 atom stereocenters.